The van der Waals surface area contributed by atoms with E-state index < -0.39 is 23.2 Å². The fraction of sp³-hybridized carbons (Fsp3) is 0.200. The topological polar surface area (TPSA) is 45.2 Å². The second-order valence-corrected chi connectivity index (χ2v) is 6.50. The van der Waals surface area contributed by atoms with Crippen molar-refractivity contribution in [2.45, 2.75) is 13.1 Å². The van der Waals surface area contributed by atoms with E-state index in [2.05, 4.69) is 10.3 Å². The maximum Gasteiger partial charge on any atom is 0.421 e. The Kier molecular flexibility index (Phi) is 4.97. The summed E-state index contributed by atoms with van der Waals surface area (Å²) in [4.78, 5) is 18.0. The Labute approximate surface area is 158 Å². The Hall–Kier alpha value is -3.16. The SMILES string of the molecule is Cc1cccc2c(Nc3cccc(F)c3C(F)(F)F)ncc(C(=O)N(C)C)c12. The zero-order valence-electron chi connectivity index (χ0n) is 15.4. The van der Waals surface area contributed by atoms with Gasteiger partial charge in [0.05, 0.1) is 11.3 Å². The molecule has 0 fully saturated rings. The quantitative estimate of drug-likeness (QED) is 0.629. The molecule has 1 heterocycles. The van der Waals surface area contributed by atoms with Crippen molar-refractivity contribution in [3.05, 3.63) is 65.1 Å². The number of nitrogens with zero attached hydrogens (tertiary/aromatic N) is 2. The number of carbonyl (C=O) groups is 1. The fourth-order valence-electron chi connectivity index (χ4n) is 3.03. The van der Waals surface area contributed by atoms with E-state index >= 15 is 0 Å². The third-order valence-electron chi connectivity index (χ3n) is 4.31. The summed E-state index contributed by atoms with van der Waals surface area (Å²) in [6, 6.07) is 8.23. The summed E-state index contributed by atoms with van der Waals surface area (Å²) in [6.07, 6.45) is -3.56. The summed E-state index contributed by atoms with van der Waals surface area (Å²) in [7, 11) is 3.20. The number of anilines is 2. The van der Waals surface area contributed by atoms with Crippen molar-refractivity contribution in [2.24, 2.45) is 0 Å². The highest BCUT2D eigenvalue weighted by Gasteiger charge is 2.37. The molecule has 3 rings (SSSR count). The van der Waals surface area contributed by atoms with Gasteiger partial charge in [0.15, 0.2) is 0 Å². The van der Waals surface area contributed by atoms with Crippen LogP contribution in [0.4, 0.5) is 29.1 Å². The molecule has 0 saturated heterocycles. The van der Waals surface area contributed by atoms with Crippen molar-refractivity contribution in [1.29, 1.82) is 0 Å². The van der Waals surface area contributed by atoms with Gasteiger partial charge in [0, 0.05) is 31.1 Å². The first-order chi connectivity index (χ1) is 13.1. The monoisotopic (exact) mass is 391 g/mol. The lowest BCUT2D eigenvalue weighted by Crippen LogP contribution is -2.22. The van der Waals surface area contributed by atoms with Crippen molar-refractivity contribution in [3.63, 3.8) is 0 Å². The largest absolute Gasteiger partial charge is 0.421 e. The van der Waals surface area contributed by atoms with Crippen LogP contribution in [0.1, 0.15) is 21.5 Å². The second kappa shape index (κ2) is 7.10. The van der Waals surface area contributed by atoms with E-state index in [0.717, 1.165) is 17.7 Å². The minimum Gasteiger partial charge on any atom is -0.345 e. The summed E-state index contributed by atoms with van der Waals surface area (Å²) >= 11 is 0. The predicted molar refractivity (Wildman–Crippen MR) is 99.2 cm³/mol. The number of aryl methyl sites for hydroxylation is 1. The molecule has 0 unspecified atom stereocenters. The minimum absolute atomic E-state index is 0.102. The number of rotatable bonds is 3. The summed E-state index contributed by atoms with van der Waals surface area (Å²) in [6.45, 7) is 1.79. The number of hydrogen-bond acceptors (Lipinski definition) is 3. The number of halogens is 4. The van der Waals surface area contributed by atoms with E-state index in [-0.39, 0.29) is 11.7 Å². The lowest BCUT2D eigenvalue weighted by molar-refractivity contribution is -0.139. The van der Waals surface area contributed by atoms with Crippen LogP contribution in [-0.4, -0.2) is 29.9 Å². The molecule has 4 nitrogen and oxygen atoms in total. The Morgan fingerprint density at radius 3 is 2.43 bits per heavy atom. The third-order valence-corrected chi connectivity index (χ3v) is 4.31. The second-order valence-electron chi connectivity index (χ2n) is 6.50. The van der Waals surface area contributed by atoms with Crippen molar-refractivity contribution in [3.8, 4) is 0 Å². The molecule has 0 spiro atoms. The number of amides is 1. The van der Waals surface area contributed by atoms with Gasteiger partial charge in [0.2, 0.25) is 0 Å². The van der Waals surface area contributed by atoms with Gasteiger partial charge in [-0.05, 0) is 24.6 Å². The number of pyridine rings is 1. The molecule has 28 heavy (non-hydrogen) atoms. The highest BCUT2D eigenvalue weighted by molar-refractivity contribution is 6.10. The van der Waals surface area contributed by atoms with E-state index in [1.54, 1.807) is 39.2 Å². The number of hydrogen-bond donors (Lipinski definition) is 1. The average molecular weight is 391 g/mol. The van der Waals surface area contributed by atoms with Gasteiger partial charge in [0.1, 0.15) is 17.2 Å². The molecule has 0 aliphatic carbocycles. The van der Waals surface area contributed by atoms with Crippen molar-refractivity contribution in [1.82, 2.24) is 9.88 Å². The first-order valence-electron chi connectivity index (χ1n) is 8.34. The molecule has 1 amide bonds. The van der Waals surface area contributed by atoms with Crippen LogP contribution in [-0.2, 0) is 6.18 Å². The van der Waals surface area contributed by atoms with Crippen LogP contribution in [0.3, 0.4) is 0 Å². The molecule has 0 bridgehead atoms. The molecule has 0 aliphatic rings. The van der Waals surface area contributed by atoms with Crippen molar-refractivity contribution in [2.75, 3.05) is 19.4 Å². The molecule has 0 atom stereocenters. The van der Waals surface area contributed by atoms with Crippen molar-refractivity contribution < 1.29 is 22.4 Å². The average Bonchev–Trinajstić information content (AvgIpc) is 2.60. The Bertz CT molecular complexity index is 1060. The third kappa shape index (κ3) is 3.49. The van der Waals surface area contributed by atoms with Crippen LogP contribution in [0.2, 0.25) is 0 Å². The van der Waals surface area contributed by atoms with Crippen LogP contribution in [0.5, 0.6) is 0 Å². The summed E-state index contributed by atoms with van der Waals surface area (Å²) in [5.74, 6) is -1.55. The number of benzene rings is 2. The maximum absolute atomic E-state index is 13.9. The first-order valence-corrected chi connectivity index (χ1v) is 8.34. The molecule has 3 aromatic rings. The zero-order chi connectivity index (χ0) is 20.6. The molecule has 8 heteroatoms. The van der Waals surface area contributed by atoms with Gasteiger partial charge in [-0.15, -0.1) is 0 Å². The Morgan fingerprint density at radius 1 is 1.11 bits per heavy atom. The summed E-state index contributed by atoms with van der Waals surface area (Å²) in [5, 5.41) is 3.63. The van der Waals surface area contributed by atoms with E-state index in [1.165, 1.54) is 17.2 Å². The lowest BCUT2D eigenvalue weighted by Gasteiger charge is -2.18. The Morgan fingerprint density at radius 2 is 1.79 bits per heavy atom. The molecular formula is C20H17F4N3O. The van der Waals surface area contributed by atoms with E-state index in [0.29, 0.717) is 16.3 Å². The summed E-state index contributed by atoms with van der Waals surface area (Å²) in [5.41, 5.74) is -0.747. The highest BCUT2D eigenvalue weighted by Crippen LogP contribution is 2.39. The molecule has 1 N–H and O–H groups in total. The van der Waals surface area contributed by atoms with Crippen LogP contribution >= 0.6 is 0 Å². The van der Waals surface area contributed by atoms with Crippen LogP contribution < -0.4 is 5.32 Å². The normalized spacial score (nSPS) is 11.5. The molecule has 0 radical (unpaired) electrons. The van der Waals surface area contributed by atoms with Gasteiger partial charge < -0.3 is 10.2 Å². The smallest absolute Gasteiger partial charge is 0.345 e. The van der Waals surface area contributed by atoms with Gasteiger partial charge in [-0.1, -0.05) is 24.3 Å². The maximum atomic E-state index is 13.9. The number of aromatic nitrogens is 1. The lowest BCUT2D eigenvalue weighted by atomic mass is 10.0. The van der Waals surface area contributed by atoms with Gasteiger partial charge in [-0.25, -0.2) is 9.37 Å². The minimum atomic E-state index is -4.87. The van der Waals surface area contributed by atoms with Crippen LogP contribution in [0, 0.1) is 12.7 Å². The molecular weight excluding hydrogens is 374 g/mol. The first kappa shape index (κ1) is 19.6. The number of nitrogens with one attached hydrogen (secondary N) is 1. The molecule has 0 saturated carbocycles. The summed E-state index contributed by atoms with van der Waals surface area (Å²) < 4.78 is 53.7. The molecule has 2 aromatic carbocycles. The highest BCUT2D eigenvalue weighted by atomic mass is 19.4. The number of alkyl halides is 3. The van der Waals surface area contributed by atoms with Gasteiger partial charge in [0.25, 0.3) is 5.91 Å². The molecule has 146 valence electrons. The standard InChI is InChI=1S/C20H17F4N3O/c1-11-6-4-7-12-16(11)13(19(28)27(2)3)10-25-18(12)26-15-9-5-8-14(21)17(15)20(22,23)24/h4-10H,1-3H3,(H,25,26). The molecule has 0 aliphatic heterocycles. The van der Waals surface area contributed by atoms with Crippen molar-refractivity contribution >= 4 is 28.2 Å². The van der Waals surface area contributed by atoms with E-state index in [4.69, 9.17) is 0 Å². The van der Waals surface area contributed by atoms with Gasteiger partial charge >= 0.3 is 6.18 Å². The zero-order valence-corrected chi connectivity index (χ0v) is 15.4. The van der Waals surface area contributed by atoms with E-state index in [1.807, 2.05) is 0 Å². The van der Waals surface area contributed by atoms with Gasteiger partial charge in [-0.3, -0.25) is 4.79 Å². The number of carbonyl (C=O) groups excluding carboxylic acids is 1. The Balaban J connectivity index is 2.20. The predicted octanol–water partition coefficient (Wildman–Crippen LogP) is 5.15. The van der Waals surface area contributed by atoms with Gasteiger partial charge in [-0.2, -0.15) is 13.2 Å². The van der Waals surface area contributed by atoms with E-state index in [9.17, 15) is 22.4 Å². The molecule has 1 aromatic heterocycles. The fourth-order valence-corrected chi connectivity index (χ4v) is 3.03. The van der Waals surface area contributed by atoms with Crippen LogP contribution in [0.15, 0.2) is 42.6 Å². The van der Waals surface area contributed by atoms with Crippen LogP contribution in [0.25, 0.3) is 10.8 Å². The number of fused-ring (bicyclic) bond motifs is 1.